The first-order valence-electron chi connectivity index (χ1n) is 8.13. The molecule has 0 saturated carbocycles. The Morgan fingerprint density at radius 2 is 2.22 bits per heavy atom. The molecule has 0 unspecified atom stereocenters. The number of hydrogen-bond donors (Lipinski definition) is 1. The second kappa shape index (κ2) is 6.44. The molecule has 3 rings (SSSR count). The zero-order valence-electron chi connectivity index (χ0n) is 13.9. The Labute approximate surface area is 136 Å². The Bertz CT molecular complexity index is 647. The minimum Gasteiger partial charge on any atom is -0.332 e. The Morgan fingerprint density at radius 1 is 1.39 bits per heavy atom. The van der Waals surface area contributed by atoms with Crippen LogP contribution in [0.15, 0.2) is 31.0 Å². The quantitative estimate of drug-likeness (QED) is 0.946. The maximum absolute atomic E-state index is 12.5. The summed E-state index contributed by atoms with van der Waals surface area (Å²) < 4.78 is 3.93. The Hall–Kier alpha value is -2.31. The largest absolute Gasteiger partial charge is 0.332 e. The van der Waals surface area contributed by atoms with Crippen LogP contribution in [0.1, 0.15) is 39.3 Å². The van der Waals surface area contributed by atoms with Crippen LogP contribution >= 0.6 is 0 Å². The van der Waals surface area contributed by atoms with Crippen molar-refractivity contribution in [3.63, 3.8) is 0 Å². The molecule has 2 amide bonds. The second-order valence-corrected chi connectivity index (χ2v) is 6.49. The van der Waals surface area contributed by atoms with E-state index < -0.39 is 0 Å². The Balaban J connectivity index is 1.65. The molecule has 23 heavy (non-hydrogen) atoms. The van der Waals surface area contributed by atoms with Crippen molar-refractivity contribution in [2.24, 2.45) is 5.92 Å². The summed E-state index contributed by atoms with van der Waals surface area (Å²) >= 11 is 0. The van der Waals surface area contributed by atoms with Crippen LogP contribution in [0, 0.1) is 5.92 Å². The number of piperidine rings is 1. The fourth-order valence-corrected chi connectivity index (χ4v) is 2.97. The highest BCUT2D eigenvalue weighted by Gasteiger charge is 2.30. The van der Waals surface area contributed by atoms with Crippen LogP contribution < -0.4 is 5.32 Å². The zero-order chi connectivity index (χ0) is 16.4. The van der Waals surface area contributed by atoms with Gasteiger partial charge in [0, 0.05) is 43.8 Å². The van der Waals surface area contributed by atoms with Gasteiger partial charge in [0.25, 0.3) is 0 Å². The molecular weight excluding hydrogens is 292 g/mol. The predicted octanol–water partition coefficient (Wildman–Crippen LogP) is 2.78. The van der Waals surface area contributed by atoms with Crippen LogP contribution in [0.3, 0.4) is 0 Å². The third-order valence-electron chi connectivity index (χ3n) is 4.49. The molecule has 0 aliphatic carbocycles. The summed E-state index contributed by atoms with van der Waals surface area (Å²) in [6.07, 6.45) is 8.44. The van der Waals surface area contributed by atoms with Gasteiger partial charge in [0.2, 0.25) is 0 Å². The fourth-order valence-electron chi connectivity index (χ4n) is 2.97. The highest BCUT2D eigenvalue weighted by molar-refractivity contribution is 5.88. The standard InChI is InChI=1S/C16H24N6O/c1-12(2)22-8-5-15(19-22)18-16(23)20-7-4-13(3)14(10-20)21-9-6-17-11-21/h5-6,8-9,11-14H,4,7,10H2,1-3H3,(H,18,19,23)/t13-,14-/m0/s1. The van der Waals surface area contributed by atoms with Gasteiger partial charge in [0.05, 0.1) is 12.4 Å². The smallest absolute Gasteiger partial charge is 0.323 e. The number of hydrogen-bond acceptors (Lipinski definition) is 3. The molecule has 124 valence electrons. The molecule has 1 N–H and O–H groups in total. The topological polar surface area (TPSA) is 68.0 Å². The third-order valence-corrected chi connectivity index (χ3v) is 4.49. The van der Waals surface area contributed by atoms with Gasteiger partial charge in [0.1, 0.15) is 0 Å². The average Bonchev–Trinajstić information content (AvgIpc) is 3.18. The number of nitrogens with zero attached hydrogens (tertiary/aromatic N) is 5. The van der Waals surface area contributed by atoms with E-state index in [1.54, 1.807) is 6.20 Å². The summed E-state index contributed by atoms with van der Waals surface area (Å²) in [5.41, 5.74) is 0. The number of likely N-dealkylation sites (tertiary alicyclic amines) is 1. The summed E-state index contributed by atoms with van der Waals surface area (Å²) in [6.45, 7) is 7.79. The van der Waals surface area contributed by atoms with E-state index in [1.807, 2.05) is 34.4 Å². The number of urea groups is 1. The second-order valence-electron chi connectivity index (χ2n) is 6.49. The van der Waals surface area contributed by atoms with E-state index in [1.165, 1.54) is 0 Å². The minimum atomic E-state index is -0.0870. The van der Waals surface area contributed by atoms with E-state index in [0.717, 1.165) is 13.0 Å². The van der Waals surface area contributed by atoms with Gasteiger partial charge >= 0.3 is 6.03 Å². The molecule has 1 aliphatic rings. The lowest BCUT2D eigenvalue weighted by Crippen LogP contribution is -2.45. The van der Waals surface area contributed by atoms with Crippen molar-refractivity contribution in [3.05, 3.63) is 31.0 Å². The van der Waals surface area contributed by atoms with Crippen molar-refractivity contribution in [2.45, 2.75) is 39.3 Å². The lowest BCUT2D eigenvalue weighted by molar-refractivity contribution is 0.149. The van der Waals surface area contributed by atoms with Crippen LogP contribution in [0.4, 0.5) is 10.6 Å². The molecule has 1 saturated heterocycles. The molecule has 2 aromatic rings. The number of rotatable bonds is 3. The number of imidazole rings is 1. The number of aromatic nitrogens is 4. The van der Waals surface area contributed by atoms with Gasteiger partial charge in [-0.1, -0.05) is 6.92 Å². The summed E-state index contributed by atoms with van der Waals surface area (Å²) in [6, 6.07) is 2.29. The molecule has 7 heteroatoms. The predicted molar refractivity (Wildman–Crippen MR) is 88.2 cm³/mol. The molecule has 2 aromatic heterocycles. The zero-order valence-corrected chi connectivity index (χ0v) is 13.9. The molecule has 2 atom stereocenters. The van der Waals surface area contributed by atoms with Gasteiger partial charge in [-0.3, -0.25) is 10.00 Å². The van der Waals surface area contributed by atoms with Crippen LogP contribution in [0.5, 0.6) is 0 Å². The summed E-state index contributed by atoms with van der Waals surface area (Å²) in [4.78, 5) is 18.5. The van der Waals surface area contributed by atoms with Gasteiger partial charge in [-0.15, -0.1) is 0 Å². The van der Waals surface area contributed by atoms with Crippen molar-refractivity contribution >= 4 is 11.8 Å². The highest BCUT2D eigenvalue weighted by atomic mass is 16.2. The van der Waals surface area contributed by atoms with Gasteiger partial charge in [0.15, 0.2) is 5.82 Å². The first-order chi connectivity index (χ1) is 11.0. The fraction of sp³-hybridized carbons (Fsp3) is 0.562. The molecule has 0 aromatic carbocycles. The molecule has 0 spiro atoms. The van der Waals surface area contributed by atoms with E-state index in [2.05, 4.69) is 40.7 Å². The van der Waals surface area contributed by atoms with E-state index in [-0.39, 0.29) is 18.1 Å². The Kier molecular flexibility index (Phi) is 4.36. The van der Waals surface area contributed by atoms with E-state index >= 15 is 0 Å². The molecule has 0 bridgehead atoms. The first kappa shape index (κ1) is 15.6. The van der Waals surface area contributed by atoms with E-state index in [4.69, 9.17) is 0 Å². The molecule has 1 aliphatic heterocycles. The number of nitrogens with one attached hydrogen (secondary N) is 1. The van der Waals surface area contributed by atoms with Gasteiger partial charge in [-0.2, -0.15) is 5.10 Å². The maximum atomic E-state index is 12.5. The normalized spacial score (nSPS) is 21.7. The molecule has 3 heterocycles. The molecule has 0 radical (unpaired) electrons. The van der Waals surface area contributed by atoms with Crippen molar-refractivity contribution in [1.29, 1.82) is 0 Å². The number of amides is 2. The monoisotopic (exact) mass is 316 g/mol. The third kappa shape index (κ3) is 3.38. The van der Waals surface area contributed by atoms with Gasteiger partial charge in [-0.25, -0.2) is 9.78 Å². The highest BCUT2D eigenvalue weighted by Crippen LogP contribution is 2.27. The number of carbonyl (C=O) groups excluding carboxylic acids is 1. The SMILES string of the molecule is CC(C)n1ccc(NC(=O)N2CC[C@H](C)[C@@H](n3ccnc3)C2)n1. The first-order valence-corrected chi connectivity index (χ1v) is 8.13. The summed E-state index contributed by atoms with van der Waals surface area (Å²) in [5, 5.41) is 7.27. The van der Waals surface area contributed by atoms with Crippen molar-refractivity contribution in [2.75, 3.05) is 18.4 Å². The lowest BCUT2D eigenvalue weighted by Gasteiger charge is -2.37. The van der Waals surface area contributed by atoms with Crippen LogP contribution in [0.2, 0.25) is 0 Å². The van der Waals surface area contributed by atoms with E-state index in [0.29, 0.717) is 18.3 Å². The molecule has 7 nitrogen and oxygen atoms in total. The summed E-state index contributed by atoms with van der Waals surface area (Å²) in [7, 11) is 0. The van der Waals surface area contributed by atoms with Crippen LogP contribution in [-0.2, 0) is 0 Å². The number of carbonyl (C=O) groups is 1. The lowest BCUT2D eigenvalue weighted by atomic mass is 9.93. The summed E-state index contributed by atoms with van der Waals surface area (Å²) in [5.74, 6) is 1.12. The maximum Gasteiger partial charge on any atom is 0.323 e. The molecule has 1 fully saturated rings. The molecular formula is C16H24N6O. The van der Waals surface area contributed by atoms with Crippen molar-refractivity contribution in [1.82, 2.24) is 24.2 Å². The number of anilines is 1. The van der Waals surface area contributed by atoms with Gasteiger partial charge in [-0.05, 0) is 26.2 Å². The van der Waals surface area contributed by atoms with Crippen molar-refractivity contribution < 1.29 is 4.79 Å². The van der Waals surface area contributed by atoms with Crippen LogP contribution in [0.25, 0.3) is 0 Å². The van der Waals surface area contributed by atoms with Gasteiger partial charge < -0.3 is 9.47 Å². The Morgan fingerprint density at radius 3 is 2.87 bits per heavy atom. The van der Waals surface area contributed by atoms with Crippen LogP contribution in [-0.4, -0.2) is 43.4 Å². The average molecular weight is 316 g/mol. The minimum absolute atomic E-state index is 0.0870. The van der Waals surface area contributed by atoms with Crippen molar-refractivity contribution in [3.8, 4) is 0 Å². The van der Waals surface area contributed by atoms with E-state index in [9.17, 15) is 4.79 Å².